The van der Waals surface area contributed by atoms with Crippen molar-refractivity contribution in [2.45, 2.75) is 25.8 Å². The summed E-state index contributed by atoms with van der Waals surface area (Å²) in [4.78, 5) is 23.6. The van der Waals surface area contributed by atoms with Gasteiger partial charge in [-0.15, -0.1) is 11.3 Å². The van der Waals surface area contributed by atoms with Crippen LogP contribution in [0.3, 0.4) is 0 Å². The Bertz CT molecular complexity index is 1330. The molecule has 2 aromatic carbocycles. The van der Waals surface area contributed by atoms with Gasteiger partial charge in [0.15, 0.2) is 5.82 Å². The highest BCUT2D eigenvalue weighted by Gasteiger charge is 2.12. The van der Waals surface area contributed by atoms with Crippen LogP contribution in [0.2, 0.25) is 0 Å². The highest BCUT2D eigenvalue weighted by atomic mass is 32.1. The van der Waals surface area contributed by atoms with Crippen molar-refractivity contribution >= 4 is 56.3 Å². The molecule has 1 aliphatic rings. The van der Waals surface area contributed by atoms with E-state index in [9.17, 15) is 4.79 Å². The zero-order valence-corrected chi connectivity index (χ0v) is 20.3. The Morgan fingerprint density at radius 2 is 1.77 bits per heavy atom. The van der Waals surface area contributed by atoms with E-state index >= 15 is 0 Å². The number of anilines is 5. The second kappa shape index (κ2) is 10.7. The average Bonchev–Trinajstić information content (AvgIpc) is 3.35. The number of hydrogen-bond acceptors (Lipinski definition) is 7. The first-order valence-electron chi connectivity index (χ1n) is 11.8. The summed E-state index contributed by atoms with van der Waals surface area (Å²) < 4.78 is 0.966. The van der Waals surface area contributed by atoms with Crippen molar-refractivity contribution in [3.05, 3.63) is 78.2 Å². The number of nitrogens with zero attached hydrogens (tertiary/aromatic N) is 3. The van der Waals surface area contributed by atoms with E-state index < -0.39 is 0 Å². The van der Waals surface area contributed by atoms with Gasteiger partial charge in [0.05, 0.1) is 10.2 Å². The third-order valence-corrected chi connectivity index (χ3v) is 6.86. The monoisotopic (exact) mass is 484 g/mol. The van der Waals surface area contributed by atoms with E-state index in [-0.39, 0.29) is 5.91 Å². The SMILES string of the molecule is C=CC(=O)Nc1cccc(Nc2nc(Nc3ccc(CN4CCCCC4)cc3)nc3ccsc23)c1. The van der Waals surface area contributed by atoms with Gasteiger partial charge in [0.2, 0.25) is 11.9 Å². The van der Waals surface area contributed by atoms with E-state index in [0.29, 0.717) is 17.5 Å². The number of carbonyl (C=O) groups excluding carboxylic acids is 1. The first-order valence-corrected chi connectivity index (χ1v) is 12.7. The number of piperidine rings is 1. The van der Waals surface area contributed by atoms with Crippen molar-refractivity contribution in [1.29, 1.82) is 0 Å². The van der Waals surface area contributed by atoms with Crippen LogP contribution >= 0.6 is 11.3 Å². The predicted octanol–water partition coefficient (Wildman–Crippen LogP) is 6.29. The van der Waals surface area contributed by atoms with E-state index in [1.54, 1.807) is 11.3 Å². The number of fused-ring (bicyclic) bond motifs is 1. The zero-order valence-electron chi connectivity index (χ0n) is 19.5. The number of hydrogen-bond donors (Lipinski definition) is 3. The molecule has 0 saturated carbocycles. The van der Waals surface area contributed by atoms with Crippen molar-refractivity contribution in [3.8, 4) is 0 Å². The van der Waals surface area contributed by atoms with E-state index in [0.717, 1.165) is 28.1 Å². The van der Waals surface area contributed by atoms with Crippen LogP contribution < -0.4 is 16.0 Å². The van der Waals surface area contributed by atoms with Crippen LogP contribution in [0.1, 0.15) is 24.8 Å². The number of likely N-dealkylation sites (tertiary alicyclic amines) is 1. The van der Waals surface area contributed by atoms with Crippen molar-refractivity contribution in [2.75, 3.05) is 29.0 Å². The maximum absolute atomic E-state index is 11.7. The van der Waals surface area contributed by atoms with Crippen LogP contribution in [-0.2, 0) is 11.3 Å². The van der Waals surface area contributed by atoms with Gasteiger partial charge in [0.25, 0.3) is 0 Å². The molecule has 178 valence electrons. The molecule has 3 heterocycles. The van der Waals surface area contributed by atoms with Gasteiger partial charge in [-0.05, 0) is 79.3 Å². The molecule has 0 spiro atoms. The predicted molar refractivity (Wildman–Crippen MR) is 145 cm³/mol. The molecule has 8 heteroatoms. The normalized spacial score (nSPS) is 13.9. The summed E-state index contributed by atoms with van der Waals surface area (Å²) in [5, 5.41) is 11.5. The fourth-order valence-corrected chi connectivity index (χ4v) is 4.98. The topological polar surface area (TPSA) is 82.2 Å². The second-order valence-electron chi connectivity index (χ2n) is 8.59. The van der Waals surface area contributed by atoms with E-state index in [4.69, 9.17) is 4.98 Å². The molecule has 7 nitrogen and oxygen atoms in total. The first-order chi connectivity index (χ1) is 17.2. The Labute approximate surface area is 208 Å². The van der Waals surface area contributed by atoms with Crippen molar-refractivity contribution in [1.82, 2.24) is 14.9 Å². The molecule has 0 atom stereocenters. The van der Waals surface area contributed by atoms with Crippen molar-refractivity contribution in [2.24, 2.45) is 0 Å². The first kappa shape index (κ1) is 23.0. The van der Waals surface area contributed by atoms with Crippen LogP contribution in [0.25, 0.3) is 10.2 Å². The minimum Gasteiger partial charge on any atom is -0.339 e. The Morgan fingerprint density at radius 1 is 0.971 bits per heavy atom. The van der Waals surface area contributed by atoms with Crippen LogP contribution in [0.15, 0.2) is 72.6 Å². The molecule has 1 aliphatic heterocycles. The second-order valence-corrected chi connectivity index (χ2v) is 9.50. The van der Waals surface area contributed by atoms with Gasteiger partial charge in [-0.1, -0.05) is 31.2 Å². The Kier molecular flexibility index (Phi) is 7.02. The van der Waals surface area contributed by atoms with Crippen LogP contribution in [-0.4, -0.2) is 33.9 Å². The lowest BCUT2D eigenvalue weighted by molar-refractivity contribution is -0.111. The van der Waals surface area contributed by atoms with Gasteiger partial charge in [-0.25, -0.2) is 4.98 Å². The van der Waals surface area contributed by atoms with Crippen molar-refractivity contribution < 1.29 is 4.79 Å². The maximum Gasteiger partial charge on any atom is 0.247 e. The molecule has 0 radical (unpaired) electrons. The molecule has 1 fully saturated rings. The lowest BCUT2D eigenvalue weighted by Gasteiger charge is -2.26. The average molecular weight is 485 g/mol. The zero-order chi connectivity index (χ0) is 24.0. The highest BCUT2D eigenvalue weighted by molar-refractivity contribution is 7.17. The Hall–Kier alpha value is -3.75. The summed E-state index contributed by atoms with van der Waals surface area (Å²) in [7, 11) is 0. The summed E-state index contributed by atoms with van der Waals surface area (Å²) in [6, 6.07) is 18.0. The third kappa shape index (κ3) is 5.85. The standard InChI is InChI=1S/C27H28N6OS/c1-2-24(34)28-21-7-6-8-22(17-21)29-26-25-23(13-16-35-25)31-27(32-26)30-20-11-9-19(10-12-20)18-33-14-4-3-5-15-33/h2,6-13,16-17H,1,3-5,14-15,18H2,(H,28,34)(H2,29,30,31,32). The Morgan fingerprint density at radius 3 is 2.57 bits per heavy atom. The van der Waals surface area contributed by atoms with E-state index in [1.807, 2.05) is 35.7 Å². The minimum absolute atomic E-state index is 0.252. The van der Waals surface area contributed by atoms with E-state index in [2.05, 4.69) is 56.7 Å². The van der Waals surface area contributed by atoms with Gasteiger partial charge < -0.3 is 16.0 Å². The van der Waals surface area contributed by atoms with Crippen LogP contribution in [0.5, 0.6) is 0 Å². The largest absolute Gasteiger partial charge is 0.339 e. The molecule has 1 amide bonds. The molecule has 0 aliphatic carbocycles. The minimum atomic E-state index is -0.252. The third-order valence-electron chi connectivity index (χ3n) is 5.95. The number of rotatable bonds is 8. The van der Waals surface area contributed by atoms with Gasteiger partial charge in [-0.2, -0.15) is 4.98 Å². The molecule has 5 rings (SSSR count). The summed E-state index contributed by atoms with van der Waals surface area (Å²) in [6.45, 7) is 6.87. The number of benzene rings is 2. The molecule has 0 unspecified atom stereocenters. The van der Waals surface area contributed by atoms with E-state index in [1.165, 1.54) is 44.0 Å². The lowest BCUT2D eigenvalue weighted by atomic mass is 10.1. The molecular weight excluding hydrogens is 456 g/mol. The smallest absolute Gasteiger partial charge is 0.247 e. The number of nitrogens with one attached hydrogen (secondary N) is 3. The molecule has 0 bridgehead atoms. The number of aromatic nitrogens is 2. The fourth-order valence-electron chi connectivity index (χ4n) is 4.21. The molecule has 2 aromatic heterocycles. The van der Waals surface area contributed by atoms with Crippen molar-refractivity contribution in [3.63, 3.8) is 0 Å². The Balaban J connectivity index is 1.32. The van der Waals surface area contributed by atoms with Gasteiger partial charge in [-0.3, -0.25) is 9.69 Å². The van der Waals surface area contributed by atoms with Gasteiger partial charge in [0, 0.05) is 23.6 Å². The summed E-state index contributed by atoms with van der Waals surface area (Å²) in [5.74, 6) is 0.984. The molecule has 3 N–H and O–H groups in total. The van der Waals surface area contributed by atoms with Gasteiger partial charge in [0.1, 0.15) is 0 Å². The molecule has 4 aromatic rings. The maximum atomic E-state index is 11.7. The molecule has 35 heavy (non-hydrogen) atoms. The van der Waals surface area contributed by atoms with Gasteiger partial charge >= 0.3 is 0 Å². The summed E-state index contributed by atoms with van der Waals surface area (Å²) in [5.41, 5.74) is 4.62. The summed E-state index contributed by atoms with van der Waals surface area (Å²) >= 11 is 1.58. The van der Waals surface area contributed by atoms with Crippen LogP contribution in [0.4, 0.5) is 28.8 Å². The number of amides is 1. The highest BCUT2D eigenvalue weighted by Crippen LogP contribution is 2.31. The fraction of sp³-hybridized carbons (Fsp3) is 0.222. The molecular formula is C27H28N6OS. The number of carbonyl (C=O) groups is 1. The quantitative estimate of drug-likeness (QED) is 0.255. The lowest BCUT2D eigenvalue weighted by Crippen LogP contribution is -2.29. The summed E-state index contributed by atoms with van der Waals surface area (Å²) in [6.07, 6.45) is 5.19. The number of thiophene rings is 1. The van der Waals surface area contributed by atoms with Crippen LogP contribution in [0, 0.1) is 0 Å². The molecule has 1 saturated heterocycles.